The van der Waals surface area contributed by atoms with E-state index < -0.39 is 5.97 Å². The maximum Gasteiger partial charge on any atom is 0.306 e. The molecule has 0 aliphatic heterocycles. The number of allylic oxidation sites excluding steroid dienone is 1. The molecule has 0 bridgehead atoms. The molecule has 0 fully saturated rings. The Morgan fingerprint density at radius 1 is 0.880 bits per heavy atom. The van der Waals surface area contributed by atoms with E-state index in [0.717, 1.165) is 69.1 Å². The molecule has 0 rings (SSSR count). The smallest absolute Gasteiger partial charge is 0.306 e. The lowest BCUT2D eigenvalue weighted by Crippen LogP contribution is -2.46. The van der Waals surface area contributed by atoms with Gasteiger partial charge in [-0.1, -0.05) is 59.8 Å². The molecule has 0 amide bonds. The van der Waals surface area contributed by atoms with E-state index in [9.17, 15) is 15.0 Å². The number of hydrogen-bond acceptors (Lipinski definition) is 2. The number of aliphatic hydroxyl groups excluding tert-OH is 1. The number of nitrogens with zero attached hydrogens (tertiary/aromatic N) is 1. The number of quaternary nitrogens is 1. The van der Waals surface area contributed by atoms with Gasteiger partial charge in [-0.25, -0.2) is 0 Å². The van der Waals surface area contributed by atoms with Gasteiger partial charge >= 0.3 is 5.97 Å². The lowest BCUT2D eigenvalue weighted by atomic mass is 10.1. The fourth-order valence-corrected chi connectivity index (χ4v) is 3.16. The van der Waals surface area contributed by atoms with Crippen molar-refractivity contribution in [3.63, 3.8) is 0 Å². The molecule has 0 aliphatic carbocycles. The molecule has 0 heterocycles. The molecule has 0 aromatic heterocycles. The summed E-state index contributed by atoms with van der Waals surface area (Å²) in [5, 5.41) is 19.7. The number of carbonyl (C=O) groups is 1. The maximum atomic E-state index is 11.2. The Morgan fingerprint density at radius 3 is 1.92 bits per heavy atom. The van der Waals surface area contributed by atoms with E-state index in [-0.39, 0.29) is 5.92 Å². The van der Waals surface area contributed by atoms with Gasteiger partial charge in [0.1, 0.15) is 12.0 Å². The number of carboxylic acids is 1. The molecular formula is C21H42NO3+. The van der Waals surface area contributed by atoms with Crippen LogP contribution in [0.1, 0.15) is 91.9 Å². The lowest BCUT2D eigenvalue weighted by Gasteiger charge is -2.36. The molecule has 0 aromatic rings. The largest absolute Gasteiger partial charge is 0.507 e. The minimum atomic E-state index is -0.725. The standard InChI is InChI=1S/C21H41NO3/c1-5-8-11-12-13-20(23)18-22(15-9-6-2,16-10-7-3)17-14-19(4)21(24)25/h18-19H,5-17H2,1-4H3,(H-,23,24,25)/p+1/b20-18-. The molecule has 148 valence electrons. The van der Waals surface area contributed by atoms with Crippen molar-refractivity contribution in [2.45, 2.75) is 91.9 Å². The van der Waals surface area contributed by atoms with Crippen molar-refractivity contribution in [2.24, 2.45) is 5.92 Å². The van der Waals surface area contributed by atoms with E-state index in [1.807, 2.05) is 6.20 Å². The molecule has 4 heteroatoms. The van der Waals surface area contributed by atoms with Gasteiger partial charge in [-0.05, 0) is 19.3 Å². The van der Waals surface area contributed by atoms with Crippen LogP contribution in [-0.4, -0.2) is 40.3 Å². The fourth-order valence-electron chi connectivity index (χ4n) is 3.16. The summed E-state index contributed by atoms with van der Waals surface area (Å²) in [6.45, 7) is 11.1. The molecule has 4 nitrogen and oxygen atoms in total. The highest BCUT2D eigenvalue weighted by molar-refractivity contribution is 5.69. The van der Waals surface area contributed by atoms with E-state index >= 15 is 0 Å². The van der Waals surface area contributed by atoms with Crippen molar-refractivity contribution in [1.29, 1.82) is 0 Å². The maximum absolute atomic E-state index is 11.2. The Morgan fingerprint density at radius 2 is 1.44 bits per heavy atom. The number of hydrogen-bond donors (Lipinski definition) is 2. The summed E-state index contributed by atoms with van der Waals surface area (Å²) in [7, 11) is 0. The summed E-state index contributed by atoms with van der Waals surface area (Å²) >= 11 is 0. The van der Waals surface area contributed by atoms with E-state index in [0.29, 0.717) is 12.2 Å². The predicted octanol–water partition coefficient (Wildman–Crippen LogP) is 5.88. The second-order valence-electron chi connectivity index (χ2n) is 7.56. The van der Waals surface area contributed by atoms with Gasteiger partial charge in [-0.2, -0.15) is 0 Å². The van der Waals surface area contributed by atoms with Crippen LogP contribution < -0.4 is 0 Å². The monoisotopic (exact) mass is 356 g/mol. The van der Waals surface area contributed by atoms with Crippen molar-refractivity contribution in [2.75, 3.05) is 19.6 Å². The first-order valence-electron chi connectivity index (χ1n) is 10.4. The summed E-state index contributed by atoms with van der Waals surface area (Å²) in [6.07, 6.45) is 12.5. The van der Waals surface area contributed by atoms with Crippen LogP contribution in [0.25, 0.3) is 0 Å². The van der Waals surface area contributed by atoms with Gasteiger partial charge in [0, 0.05) is 12.8 Å². The highest BCUT2D eigenvalue weighted by Crippen LogP contribution is 2.20. The number of aliphatic hydroxyl groups is 1. The molecule has 1 atom stereocenters. The van der Waals surface area contributed by atoms with Gasteiger partial charge in [0.2, 0.25) is 0 Å². The Hall–Kier alpha value is -1.03. The average molecular weight is 357 g/mol. The van der Waals surface area contributed by atoms with Crippen LogP contribution in [0.4, 0.5) is 0 Å². The zero-order chi connectivity index (χ0) is 19.1. The molecular weight excluding hydrogens is 314 g/mol. The van der Waals surface area contributed by atoms with Gasteiger partial charge in [0.15, 0.2) is 0 Å². The molecule has 2 N–H and O–H groups in total. The number of aliphatic carboxylic acids is 1. The van der Waals surface area contributed by atoms with Crippen LogP contribution in [0.2, 0.25) is 0 Å². The average Bonchev–Trinajstić information content (AvgIpc) is 2.59. The van der Waals surface area contributed by atoms with Gasteiger partial charge in [0.05, 0.1) is 25.6 Å². The molecule has 0 spiro atoms. The zero-order valence-corrected chi connectivity index (χ0v) is 17.1. The third-order valence-corrected chi connectivity index (χ3v) is 5.05. The predicted molar refractivity (Wildman–Crippen MR) is 106 cm³/mol. The molecule has 0 aromatic carbocycles. The second kappa shape index (κ2) is 14.2. The molecule has 0 radical (unpaired) electrons. The molecule has 0 saturated heterocycles. The first-order chi connectivity index (χ1) is 11.9. The van der Waals surface area contributed by atoms with Crippen molar-refractivity contribution in [3.05, 3.63) is 12.0 Å². The number of rotatable bonds is 16. The summed E-state index contributed by atoms with van der Waals surface area (Å²) in [5.74, 6) is -0.566. The minimum absolute atomic E-state index is 0.333. The van der Waals surface area contributed by atoms with E-state index in [4.69, 9.17) is 0 Å². The lowest BCUT2D eigenvalue weighted by molar-refractivity contribution is -0.881. The SMILES string of the molecule is CCCCCC/C(O)=C/[N+](CCCC)(CCCC)CCC(C)C(=O)O. The van der Waals surface area contributed by atoms with Crippen molar-refractivity contribution < 1.29 is 19.5 Å². The van der Waals surface area contributed by atoms with E-state index in [1.54, 1.807) is 6.92 Å². The summed E-state index contributed by atoms with van der Waals surface area (Å²) in [6, 6.07) is 0. The Balaban J connectivity index is 5.09. The van der Waals surface area contributed by atoms with Gasteiger partial charge in [-0.15, -0.1) is 0 Å². The first kappa shape index (κ1) is 24.0. The summed E-state index contributed by atoms with van der Waals surface area (Å²) in [4.78, 5) is 11.2. The van der Waals surface area contributed by atoms with Crippen LogP contribution in [0.3, 0.4) is 0 Å². The minimum Gasteiger partial charge on any atom is -0.507 e. The van der Waals surface area contributed by atoms with E-state index in [1.165, 1.54) is 12.8 Å². The quantitative estimate of drug-likeness (QED) is 0.206. The number of unbranched alkanes of at least 4 members (excludes halogenated alkanes) is 5. The highest BCUT2D eigenvalue weighted by Gasteiger charge is 2.27. The van der Waals surface area contributed by atoms with Crippen LogP contribution in [0.15, 0.2) is 12.0 Å². The van der Waals surface area contributed by atoms with E-state index in [2.05, 4.69) is 20.8 Å². The molecule has 0 aliphatic rings. The normalized spacial score (nSPS) is 13.8. The third kappa shape index (κ3) is 11.2. The van der Waals surface area contributed by atoms with Crippen LogP contribution in [0.5, 0.6) is 0 Å². The first-order valence-corrected chi connectivity index (χ1v) is 10.4. The zero-order valence-electron chi connectivity index (χ0n) is 17.1. The fraction of sp³-hybridized carbons (Fsp3) is 0.857. The summed E-state index contributed by atoms with van der Waals surface area (Å²) < 4.78 is 0.735. The summed E-state index contributed by atoms with van der Waals surface area (Å²) in [5.41, 5.74) is 0. The Labute approximate surface area is 155 Å². The highest BCUT2D eigenvalue weighted by atomic mass is 16.4. The Bertz CT molecular complexity index is 371. The van der Waals surface area contributed by atoms with Crippen LogP contribution in [0, 0.1) is 5.92 Å². The van der Waals surface area contributed by atoms with Gasteiger partial charge < -0.3 is 10.2 Å². The molecule has 1 unspecified atom stereocenters. The van der Waals surface area contributed by atoms with Crippen LogP contribution >= 0.6 is 0 Å². The molecule has 25 heavy (non-hydrogen) atoms. The number of carboxylic acid groups (broad SMARTS) is 1. The van der Waals surface area contributed by atoms with Crippen LogP contribution in [-0.2, 0) is 4.79 Å². The van der Waals surface area contributed by atoms with Crippen molar-refractivity contribution >= 4 is 5.97 Å². The topological polar surface area (TPSA) is 57.5 Å². The van der Waals surface area contributed by atoms with Gasteiger partial charge in [0.25, 0.3) is 0 Å². The second-order valence-corrected chi connectivity index (χ2v) is 7.56. The van der Waals surface area contributed by atoms with Crippen molar-refractivity contribution in [1.82, 2.24) is 0 Å². The Kier molecular flexibility index (Phi) is 13.6. The molecule has 0 saturated carbocycles. The van der Waals surface area contributed by atoms with Gasteiger partial charge in [-0.3, -0.25) is 9.28 Å². The third-order valence-electron chi connectivity index (χ3n) is 5.05. The van der Waals surface area contributed by atoms with Crippen molar-refractivity contribution in [3.8, 4) is 0 Å².